The maximum absolute atomic E-state index is 9.43. The zero-order valence-corrected chi connectivity index (χ0v) is 6.29. The summed E-state index contributed by atoms with van der Waals surface area (Å²) in [7, 11) is 0. The van der Waals surface area contributed by atoms with Gasteiger partial charge < -0.3 is 10.0 Å². The van der Waals surface area contributed by atoms with Crippen LogP contribution in [0.25, 0.3) is 0 Å². The largest absolute Gasteiger partial charge is 0.392 e. The van der Waals surface area contributed by atoms with Crippen molar-refractivity contribution < 1.29 is 5.11 Å². The van der Waals surface area contributed by atoms with Gasteiger partial charge in [0.2, 0.25) is 0 Å². The monoisotopic (exact) mass is 141 g/mol. The lowest BCUT2D eigenvalue weighted by atomic mass is 9.95. The Morgan fingerprint density at radius 3 is 2.60 bits per heavy atom. The molecule has 10 heavy (non-hydrogen) atoms. The Balaban J connectivity index is 2.05. The van der Waals surface area contributed by atoms with E-state index in [-0.39, 0.29) is 6.10 Å². The minimum Gasteiger partial charge on any atom is -0.392 e. The predicted octanol–water partition coefficient (Wildman–Crippen LogP) is 0.463. The third kappa shape index (κ3) is 1.18. The van der Waals surface area contributed by atoms with Crippen molar-refractivity contribution in [1.29, 1.82) is 0 Å². The van der Waals surface area contributed by atoms with Gasteiger partial charge in [-0.2, -0.15) is 0 Å². The molecule has 3 saturated heterocycles. The van der Waals surface area contributed by atoms with Crippen molar-refractivity contribution in [1.82, 2.24) is 4.90 Å². The minimum atomic E-state index is -0.0324. The summed E-state index contributed by atoms with van der Waals surface area (Å²) in [6, 6.07) is 0. The predicted molar refractivity (Wildman–Crippen MR) is 39.8 cm³/mol. The van der Waals surface area contributed by atoms with Crippen LogP contribution in [-0.4, -0.2) is 35.7 Å². The molecule has 3 heterocycles. The van der Waals surface area contributed by atoms with E-state index in [4.69, 9.17) is 0 Å². The Kier molecular flexibility index (Phi) is 1.66. The summed E-state index contributed by atoms with van der Waals surface area (Å²) < 4.78 is 0. The second-order valence-electron chi connectivity index (χ2n) is 3.63. The van der Waals surface area contributed by atoms with Gasteiger partial charge in [-0.3, -0.25) is 0 Å². The highest BCUT2D eigenvalue weighted by atomic mass is 16.3. The van der Waals surface area contributed by atoms with Crippen LogP contribution in [0, 0.1) is 5.92 Å². The van der Waals surface area contributed by atoms with Crippen molar-refractivity contribution in [2.45, 2.75) is 25.4 Å². The Morgan fingerprint density at radius 1 is 1.20 bits per heavy atom. The summed E-state index contributed by atoms with van der Waals surface area (Å²) in [5.41, 5.74) is 0. The molecule has 1 N–H and O–H groups in total. The number of nitrogens with zero attached hydrogens (tertiary/aromatic N) is 1. The molecule has 0 aromatic rings. The molecule has 1 unspecified atom stereocenters. The molecule has 0 amide bonds. The van der Waals surface area contributed by atoms with E-state index in [1.807, 2.05) is 0 Å². The van der Waals surface area contributed by atoms with Crippen molar-refractivity contribution in [2.75, 3.05) is 19.6 Å². The molecule has 0 radical (unpaired) electrons. The Bertz CT molecular complexity index is 104. The normalized spacial score (nSPS) is 47.1. The van der Waals surface area contributed by atoms with Gasteiger partial charge in [-0.15, -0.1) is 0 Å². The Labute approximate surface area is 61.8 Å². The molecule has 2 heteroatoms. The van der Waals surface area contributed by atoms with Gasteiger partial charge in [0.05, 0.1) is 6.10 Å². The highest BCUT2D eigenvalue weighted by molar-refractivity contribution is 4.81. The molecule has 3 rings (SSSR count). The number of fused-ring (bicyclic) bond motifs is 4. The third-order valence-electron chi connectivity index (χ3n) is 2.78. The van der Waals surface area contributed by atoms with Gasteiger partial charge in [0.1, 0.15) is 0 Å². The molecule has 0 spiro atoms. The summed E-state index contributed by atoms with van der Waals surface area (Å²) >= 11 is 0. The zero-order chi connectivity index (χ0) is 6.97. The van der Waals surface area contributed by atoms with Crippen LogP contribution in [0.1, 0.15) is 19.3 Å². The van der Waals surface area contributed by atoms with E-state index < -0.39 is 0 Å². The number of hydrogen-bond donors (Lipinski definition) is 1. The summed E-state index contributed by atoms with van der Waals surface area (Å²) in [6.45, 7) is 3.37. The fourth-order valence-electron chi connectivity index (χ4n) is 2.16. The third-order valence-corrected chi connectivity index (χ3v) is 2.78. The summed E-state index contributed by atoms with van der Waals surface area (Å²) in [6.07, 6.45) is 3.65. The minimum absolute atomic E-state index is 0.0324. The molecule has 3 fully saturated rings. The molecule has 2 bridgehead atoms. The lowest BCUT2D eigenvalue weighted by Gasteiger charge is -2.25. The fourth-order valence-corrected chi connectivity index (χ4v) is 2.16. The number of aliphatic hydroxyl groups excluding tert-OH is 1. The van der Waals surface area contributed by atoms with Crippen molar-refractivity contribution in [3.05, 3.63) is 0 Å². The lowest BCUT2D eigenvalue weighted by molar-refractivity contribution is 0.131. The van der Waals surface area contributed by atoms with E-state index >= 15 is 0 Å². The average molecular weight is 141 g/mol. The Hall–Kier alpha value is -0.0800. The molecule has 0 saturated carbocycles. The first-order valence-corrected chi connectivity index (χ1v) is 4.25. The summed E-state index contributed by atoms with van der Waals surface area (Å²) in [5.74, 6) is 0.828. The van der Waals surface area contributed by atoms with Crippen LogP contribution in [-0.2, 0) is 0 Å². The highest BCUT2D eigenvalue weighted by Gasteiger charge is 2.27. The summed E-state index contributed by atoms with van der Waals surface area (Å²) in [4.78, 5) is 2.38. The van der Waals surface area contributed by atoms with Crippen LogP contribution in [0.5, 0.6) is 0 Å². The van der Waals surface area contributed by atoms with E-state index in [1.54, 1.807) is 0 Å². The van der Waals surface area contributed by atoms with Crippen LogP contribution < -0.4 is 0 Å². The SMILES string of the molecule is OC1CC2CCN(CC2)C1. The lowest BCUT2D eigenvalue weighted by Crippen LogP contribution is -2.32. The molecular formula is C8H15NO. The smallest absolute Gasteiger partial charge is 0.0669 e. The maximum Gasteiger partial charge on any atom is 0.0669 e. The van der Waals surface area contributed by atoms with Gasteiger partial charge in [0.15, 0.2) is 0 Å². The van der Waals surface area contributed by atoms with Crippen LogP contribution >= 0.6 is 0 Å². The Morgan fingerprint density at radius 2 is 1.90 bits per heavy atom. The number of piperidine rings is 1. The molecule has 3 aliphatic heterocycles. The molecule has 3 aliphatic rings. The second-order valence-corrected chi connectivity index (χ2v) is 3.63. The first-order valence-electron chi connectivity index (χ1n) is 4.25. The maximum atomic E-state index is 9.43. The van der Waals surface area contributed by atoms with Gasteiger partial charge in [0.25, 0.3) is 0 Å². The summed E-state index contributed by atoms with van der Waals surface area (Å²) in [5, 5.41) is 9.43. The van der Waals surface area contributed by atoms with Gasteiger partial charge in [-0.05, 0) is 38.3 Å². The topological polar surface area (TPSA) is 23.5 Å². The van der Waals surface area contributed by atoms with Crippen LogP contribution in [0.15, 0.2) is 0 Å². The van der Waals surface area contributed by atoms with E-state index in [0.29, 0.717) is 0 Å². The van der Waals surface area contributed by atoms with Crippen molar-refractivity contribution in [2.24, 2.45) is 5.92 Å². The number of hydrogen-bond acceptors (Lipinski definition) is 2. The highest BCUT2D eigenvalue weighted by Crippen LogP contribution is 2.26. The van der Waals surface area contributed by atoms with Gasteiger partial charge >= 0.3 is 0 Å². The molecule has 2 nitrogen and oxygen atoms in total. The van der Waals surface area contributed by atoms with Gasteiger partial charge in [-0.1, -0.05) is 0 Å². The van der Waals surface area contributed by atoms with Gasteiger partial charge in [0, 0.05) is 6.54 Å². The first-order chi connectivity index (χ1) is 4.84. The van der Waals surface area contributed by atoms with E-state index in [9.17, 15) is 5.11 Å². The average Bonchev–Trinajstić information content (AvgIpc) is 2.17. The quantitative estimate of drug-likeness (QED) is 0.530. The van der Waals surface area contributed by atoms with Crippen LogP contribution in [0.4, 0.5) is 0 Å². The first kappa shape index (κ1) is 6.62. The number of aliphatic hydroxyl groups is 1. The van der Waals surface area contributed by atoms with E-state index in [0.717, 1.165) is 18.9 Å². The van der Waals surface area contributed by atoms with E-state index in [2.05, 4.69) is 4.90 Å². The standard InChI is InChI=1S/C8H15NO/c10-8-5-7-1-3-9(6-8)4-2-7/h7-8,10H,1-6H2. The van der Waals surface area contributed by atoms with Crippen molar-refractivity contribution >= 4 is 0 Å². The van der Waals surface area contributed by atoms with Crippen molar-refractivity contribution in [3.63, 3.8) is 0 Å². The van der Waals surface area contributed by atoms with Gasteiger partial charge in [-0.25, -0.2) is 0 Å². The molecule has 1 atom stereocenters. The molecule has 0 aromatic heterocycles. The molecule has 58 valence electrons. The molecule has 0 aliphatic carbocycles. The molecular weight excluding hydrogens is 126 g/mol. The van der Waals surface area contributed by atoms with Crippen LogP contribution in [0.3, 0.4) is 0 Å². The number of rotatable bonds is 0. The van der Waals surface area contributed by atoms with Crippen LogP contribution in [0.2, 0.25) is 0 Å². The zero-order valence-electron chi connectivity index (χ0n) is 6.29. The van der Waals surface area contributed by atoms with E-state index in [1.165, 1.54) is 25.9 Å². The second kappa shape index (κ2) is 2.51. The fraction of sp³-hybridized carbons (Fsp3) is 1.00. The molecule has 0 aromatic carbocycles. The van der Waals surface area contributed by atoms with Crippen molar-refractivity contribution in [3.8, 4) is 0 Å².